The molecule has 0 aromatic carbocycles. The number of halogens is 1. The number of hydrogen-bond acceptors (Lipinski definition) is 2. The van der Waals surface area contributed by atoms with Crippen molar-refractivity contribution < 1.29 is 4.74 Å². The molecule has 0 saturated heterocycles. The number of alkyl halides is 1. The Labute approximate surface area is 88.7 Å². The predicted octanol–water partition coefficient (Wildman–Crippen LogP) is 3.33. The van der Waals surface area contributed by atoms with Crippen LogP contribution in [0, 0.1) is 0 Å². The first-order valence-electron chi connectivity index (χ1n) is 4.59. The van der Waals surface area contributed by atoms with Gasteiger partial charge in [-0.3, -0.25) is 0 Å². The summed E-state index contributed by atoms with van der Waals surface area (Å²) in [6, 6.07) is 4.22. The van der Waals surface area contributed by atoms with Gasteiger partial charge in [-0.1, -0.05) is 6.07 Å². The summed E-state index contributed by atoms with van der Waals surface area (Å²) < 4.78 is 5.46. The minimum Gasteiger partial charge on any atom is -0.381 e. The molecule has 0 bridgehead atoms. The van der Waals surface area contributed by atoms with Crippen molar-refractivity contribution in [2.24, 2.45) is 0 Å². The molecule has 0 saturated carbocycles. The molecule has 0 atom stereocenters. The molecule has 0 spiro atoms. The van der Waals surface area contributed by atoms with E-state index in [1.807, 2.05) is 0 Å². The first-order valence-corrected chi connectivity index (χ1v) is 6.01. The second kappa shape index (κ2) is 7.36. The molecule has 0 aliphatic carbocycles. The Bertz CT molecular complexity index is 199. The molecule has 3 heteroatoms. The molecule has 1 aromatic rings. The van der Waals surface area contributed by atoms with E-state index < -0.39 is 0 Å². The normalized spacial score (nSPS) is 10.5. The Morgan fingerprint density at radius 3 is 2.92 bits per heavy atom. The predicted molar refractivity (Wildman–Crippen MR) is 58.8 cm³/mol. The van der Waals surface area contributed by atoms with Crippen LogP contribution >= 0.6 is 22.9 Å². The third-order valence-corrected chi connectivity index (χ3v) is 2.95. The van der Waals surface area contributed by atoms with Gasteiger partial charge in [-0.15, -0.1) is 22.9 Å². The molecule has 0 fully saturated rings. The van der Waals surface area contributed by atoms with Gasteiger partial charge in [0.1, 0.15) is 0 Å². The lowest BCUT2D eigenvalue weighted by Crippen LogP contribution is -1.99. The van der Waals surface area contributed by atoms with Crippen molar-refractivity contribution in [3.05, 3.63) is 22.4 Å². The summed E-state index contributed by atoms with van der Waals surface area (Å²) in [5.41, 5.74) is 0. The van der Waals surface area contributed by atoms with Gasteiger partial charge in [0, 0.05) is 23.8 Å². The topological polar surface area (TPSA) is 9.23 Å². The monoisotopic (exact) mass is 218 g/mol. The number of unbranched alkanes of at least 4 members (excludes halogenated alkanes) is 1. The van der Waals surface area contributed by atoms with Gasteiger partial charge >= 0.3 is 0 Å². The van der Waals surface area contributed by atoms with Crippen LogP contribution in [0.2, 0.25) is 0 Å². The van der Waals surface area contributed by atoms with Crippen LogP contribution in [-0.4, -0.2) is 19.1 Å². The summed E-state index contributed by atoms with van der Waals surface area (Å²) in [5, 5.41) is 2.10. The second-order valence-electron chi connectivity index (χ2n) is 2.84. The highest BCUT2D eigenvalue weighted by Gasteiger charge is 1.93. The first-order chi connectivity index (χ1) is 6.43. The van der Waals surface area contributed by atoms with E-state index in [1.165, 1.54) is 4.88 Å². The maximum absolute atomic E-state index is 5.54. The van der Waals surface area contributed by atoms with E-state index >= 15 is 0 Å². The highest BCUT2D eigenvalue weighted by molar-refractivity contribution is 7.09. The second-order valence-corrected chi connectivity index (χ2v) is 4.25. The molecule has 1 rings (SSSR count). The van der Waals surface area contributed by atoms with Crippen molar-refractivity contribution in [1.82, 2.24) is 0 Å². The van der Waals surface area contributed by atoms with E-state index in [4.69, 9.17) is 16.3 Å². The zero-order chi connectivity index (χ0) is 9.36. The Hall–Kier alpha value is -0.0500. The van der Waals surface area contributed by atoms with Crippen molar-refractivity contribution in [3.63, 3.8) is 0 Å². The van der Waals surface area contributed by atoms with E-state index in [0.29, 0.717) is 0 Å². The minimum absolute atomic E-state index is 0.744. The van der Waals surface area contributed by atoms with Gasteiger partial charge in [0.25, 0.3) is 0 Å². The third kappa shape index (κ3) is 5.29. The van der Waals surface area contributed by atoms with Gasteiger partial charge in [-0.2, -0.15) is 0 Å². The van der Waals surface area contributed by atoms with E-state index in [0.717, 1.165) is 38.4 Å². The molecule has 1 aromatic heterocycles. The van der Waals surface area contributed by atoms with Crippen LogP contribution in [0.3, 0.4) is 0 Å². The molecule has 1 heterocycles. The molecule has 0 aliphatic rings. The van der Waals surface area contributed by atoms with Crippen LogP contribution in [0.4, 0.5) is 0 Å². The van der Waals surface area contributed by atoms with Crippen molar-refractivity contribution in [2.75, 3.05) is 19.1 Å². The van der Waals surface area contributed by atoms with Crippen LogP contribution in [0.5, 0.6) is 0 Å². The lowest BCUT2D eigenvalue weighted by molar-refractivity contribution is 0.135. The van der Waals surface area contributed by atoms with Crippen LogP contribution < -0.4 is 0 Å². The number of hydrogen-bond donors (Lipinski definition) is 0. The average Bonchev–Trinajstić information content (AvgIpc) is 2.63. The third-order valence-electron chi connectivity index (χ3n) is 1.75. The lowest BCUT2D eigenvalue weighted by Gasteiger charge is -2.01. The Kier molecular flexibility index (Phi) is 6.25. The molecule has 13 heavy (non-hydrogen) atoms. The van der Waals surface area contributed by atoms with E-state index in [2.05, 4.69) is 17.5 Å². The number of rotatable bonds is 7. The van der Waals surface area contributed by atoms with Crippen LogP contribution in [0.1, 0.15) is 17.7 Å². The highest BCUT2D eigenvalue weighted by atomic mass is 35.5. The van der Waals surface area contributed by atoms with Gasteiger partial charge in [-0.25, -0.2) is 0 Å². The zero-order valence-electron chi connectivity index (χ0n) is 7.67. The summed E-state index contributed by atoms with van der Waals surface area (Å²) in [6.07, 6.45) is 3.17. The molecule has 0 amide bonds. The highest BCUT2D eigenvalue weighted by Crippen LogP contribution is 2.08. The molecular weight excluding hydrogens is 204 g/mol. The largest absolute Gasteiger partial charge is 0.381 e. The molecule has 0 N–H and O–H groups in total. The maximum Gasteiger partial charge on any atom is 0.0514 e. The van der Waals surface area contributed by atoms with Crippen molar-refractivity contribution in [3.8, 4) is 0 Å². The van der Waals surface area contributed by atoms with E-state index in [9.17, 15) is 0 Å². The van der Waals surface area contributed by atoms with Crippen LogP contribution in [0.25, 0.3) is 0 Å². The van der Waals surface area contributed by atoms with Crippen LogP contribution in [-0.2, 0) is 11.2 Å². The van der Waals surface area contributed by atoms with Crippen molar-refractivity contribution >= 4 is 22.9 Å². The number of thiophene rings is 1. The van der Waals surface area contributed by atoms with Gasteiger partial charge < -0.3 is 4.74 Å². The first kappa shape index (κ1) is 11.0. The van der Waals surface area contributed by atoms with Gasteiger partial charge in [0.05, 0.1) is 6.61 Å². The minimum atomic E-state index is 0.744. The van der Waals surface area contributed by atoms with Gasteiger partial charge in [0.15, 0.2) is 0 Å². The smallest absolute Gasteiger partial charge is 0.0514 e. The van der Waals surface area contributed by atoms with Gasteiger partial charge in [-0.05, 0) is 24.3 Å². The van der Waals surface area contributed by atoms with Crippen molar-refractivity contribution in [1.29, 1.82) is 0 Å². The van der Waals surface area contributed by atoms with Crippen LogP contribution in [0.15, 0.2) is 17.5 Å². The average molecular weight is 219 g/mol. The standard InChI is InChI=1S/C10H15ClOS/c11-6-1-2-7-12-8-5-10-4-3-9-13-10/h3-4,9H,1-2,5-8H2. The van der Waals surface area contributed by atoms with Gasteiger partial charge in [0.2, 0.25) is 0 Å². The summed E-state index contributed by atoms with van der Waals surface area (Å²) in [7, 11) is 0. The fraction of sp³-hybridized carbons (Fsp3) is 0.600. The molecule has 1 nitrogen and oxygen atoms in total. The fourth-order valence-electron chi connectivity index (χ4n) is 1.03. The summed E-state index contributed by atoms with van der Waals surface area (Å²) >= 11 is 7.33. The molecule has 0 aliphatic heterocycles. The van der Waals surface area contributed by atoms with Crippen molar-refractivity contribution in [2.45, 2.75) is 19.3 Å². The molecule has 0 radical (unpaired) electrons. The van der Waals surface area contributed by atoms with E-state index in [1.54, 1.807) is 11.3 Å². The molecular formula is C10H15ClOS. The maximum atomic E-state index is 5.54. The summed E-state index contributed by atoms with van der Waals surface area (Å²) in [5.74, 6) is 0.744. The molecule has 74 valence electrons. The summed E-state index contributed by atoms with van der Waals surface area (Å²) in [4.78, 5) is 1.40. The Morgan fingerprint density at radius 2 is 2.23 bits per heavy atom. The lowest BCUT2D eigenvalue weighted by atomic mass is 10.3. The zero-order valence-corrected chi connectivity index (χ0v) is 9.24. The fourth-order valence-corrected chi connectivity index (χ4v) is 1.91. The summed E-state index contributed by atoms with van der Waals surface area (Å²) in [6.45, 7) is 1.68. The Balaban J connectivity index is 1.90. The number of ether oxygens (including phenoxy) is 1. The quantitative estimate of drug-likeness (QED) is 0.504. The molecule has 0 unspecified atom stereocenters. The SMILES string of the molecule is ClCCCCOCCc1cccs1. The Morgan fingerprint density at radius 1 is 1.31 bits per heavy atom. The van der Waals surface area contributed by atoms with E-state index in [-0.39, 0.29) is 0 Å².